The van der Waals surface area contributed by atoms with Gasteiger partial charge in [0, 0.05) is 30.5 Å². The Labute approximate surface area is 162 Å². The number of rotatable bonds is 4. The number of para-hydroxylation sites is 1. The molecule has 0 spiro atoms. The van der Waals surface area contributed by atoms with Crippen molar-refractivity contribution in [2.75, 3.05) is 28.8 Å². The van der Waals surface area contributed by atoms with Crippen LogP contribution in [0.4, 0.5) is 17.5 Å². The van der Waals surface area contributed by atoms with Gasteiger partial charge in [-0.05, 0) is 30.4 Å². The van der Waals surface area contributed by atoms with Crippen molar-refractivity contribution < 1.29 is 8.42 Å². The Balaban J connectivity index is 1.89. The number of nitrogens with zero attached hydrogens (tertiary/aromatic N) is 3. The van der Waals surface area contributed by atoms with Crippen molar-refractivity contribution in [1.82, 2.24) is 9.97 Å². The number of aryl methyl sites for hydroxylation is 1. The van der Waals surface area contributed by atoms with E-state index < -0.39 is 9.84 Å². The van der Waals surface area contributed by atoms with Crippen molar-refractivity contribution in [3.8, 4) is 0 Å². The maximum Gasteiger partial charge on any atom is 0.227 e. The minimum atomic E-state index is -2.95. The normalized spacial score (nSPS) is 19.1. The number of benzene rings is 1. The van der Waals surface area contributed by atoms with Crippen molar-refractivity contribution >= 4 is 27.3 Å². The lowest BCUT2D eigenvalue weighted by molar-refractivity contribution is 0.592. The number of hydrogen-bond donors (Lipinski definition) is 1. The Morgan fingerprint density at radius 1 is 1.19 bits per heavy atom. The van der Waals surface area contributed by atoms with Gasteiger partial charge in [-0.25, -0.2) is 13.4 Å². The van der Waals surface area contributed by atoms with Crippen LogP contribution in [-0.4, -0.2) is 43.0 Å². The van der Waals surface area contributed by atoms with Gasteiger partial charge in [0.2, 0.25) is 5.95 Å². The Kier molecular flexibility index (Phi) is 5.16. The second-order valence-corrected chi connectivity index (χ2v) is 10.5. The maximum absolute atomic E-state index is 11.8. The minimum Gasteiger partial charge on any atom is -0.340 e. The summed E-state index contributed by atoms with van der Waals surface area (Å²) in [6, 6.07) is 10.0. The van der Waals surface area contributed by atoms with E-state index in [9.17, 15) is 8.42 Å². The molecule has 6 nitrogen and oxygen atoms in total. The summed E-state index contributed by atoms with van der Waals surface area (Å²) in [6.45, 7) is 8.46. The smallest absolute Gasteiger partial charge is 0.227 e. The molecule has 1 unspecified atom stereocenters. The molecule has 2 heterocycles. The van der Waals surface area contributed by atoms with Crippen LogP contribution in [-0.2, 0) is 15.3 Å². The fraction of sp³-hybridized carbons (Fsp3) is 0.500. The first-order valence-electron chi connectivity index (χ1n) is 9.21. The molecule has 27 heavy (non-hydrogen) atoms. The summed E-state index contributed by atoms with van der Waals surface area (Å²) in [6.07, 6.45) is 0.617. The number of aromatic nitrogens is 2. The third kappa shape index (κ3) is 4.58. The van der Waals surface area contributed by atoms with E-state index in [1.807, 2.05) is 43.1 Å². The molecule has 1 aromatic heterocycles. The lowest BCUT2D eigenvalue weighted by Crippen LogP contribution is -2.34. The van der Waals surface area contributed by atoms with Crippen molar-refractivity contribution in [3.05, 3.63) is 41.6 Å². The van der Waals surface area contributed by atoms with Gasteiger partial charge >= 0.3 is 0 Å². The van der Waals surface area contributed by atoms with Gasteiger partial charge in [-0.3, -0.25) is 0 Å². The fourth-order valence-corrected chi connectivity index (χ4v) is 5.18. The predicted molar refractivity (Wildman–Crippen MR) is 111 cm³/mol. The molecule has 0 amide bonds. The van der Waals surface area contributed by atoms with Crippen LogP contribution < -0.4 is 10.2 Å². The highest BCUT2D eigenvalue weighted by Crippen LogP contribution is 2.31. The summed E-state index contributed by atoms with van der Waals surface area (Å²) in [5, 5.41) is 3.43. The van der Waals surface area contributed by atoms with Gasteiger partial charge in [-0.1, -0.05) is 39.0 Å². The first kappa shape index (κ1) is 19.6. The summed E-state index contributed by atoms with van der Waals surface area (Å²) < 4.78 is 23.6. The average Bonchev–Trinajstić information content (AvgIpc) is 2.93. The fourth-order valence-electron chi connectivity index (χ4n) is 3.40. The standard InChI is InChI=1S/C20H28N4O2S/c1-14-12-18(22-17-9-7-6-8-16(17)20(2,3)4)23-19(21-14)24(5)15-10-11-27(25,26)13-15/h6-9,12,15H,10-11,13H2,1-5H3,(H,21,22,23). The number of nitrogens with one attached hydrogen (secondary N) is 1. The second-order valence-electron chi connectivity index (χ2n) is 8.28. The van der Waals surface area contributed by atoms with Gasteiger partial charge in [0.05, 0.1) is 11.5 Å². The zero-order chi connectivity index (χ0) is 19.8. The van der Waals surface area contributed by atoms with Crippen LogP contribution in [0.25, 0.3) is 0 Å². The largest absolute Gasteiger partial charge is 0.340 e. The molecule has 0 aliphatic carbocycles. The van der Waals surface area contributed by atoms with Gasteiger partial charge in [0.25, 0.3) is 0 Å². The maximum atomic E-state index is 11.8. The molecule has 1 fully saturated rings. The Morgan fingerprint density at radius 2 is 1.89 bits per heavy atom. The van der Waals surface area contributed by atoms with E-state index in [4.69, 9.17) is 0 Å². The van der Waals surface area contributed by atoms with E-state index in [0.29, 0.717) is 18.2 Å². The first-order chi connectivity index (χ1) is 12.5. The number of anilines is 3. The second kappa shape index (κ2) is 7.11. The predicted octanol–water partition coefficient (Wildman–Crippen LogP) is 3.45. The topological polar surface area (TPSA) is 75.2 Å². The highest BCUT2D eigenvalue weighted by atomic mass is 32.2. The van der Waals surface area contributed by atoms with Gasteiger partial charge in [-0.2, -0.15) is 4.98 Å². The zero-order valence-electron chi connectivity index (χ0n) is 16.7. The molecule has 0 saturated carbocycles. The van der Waals surface area contributed by atoms with Crippen LogP contribution in [0.3, 0.4) is 0 Å². The third-order valence-electron chi connectivity index (χ3n) is 4.91. The Morgan fingerprint density at radius 3 is 2.52 bits per heavy atom. The summed E-state index contributed by atoms with van der Waals surface area (Å²) in [5.74, 6) is 1.66. The highest BCUT2D eigenvalue weighted by Gasteiger charge is 2.32. The van der Waals surface area contributed by atoms with Gasteiger partial charge in [0.15, 0.2) is 9.84 Å². The molecular formula is C20H28N4O2S. The van der Waals surface area contributed by atoms with Crippen molar-refractivity contribution in [1.29, 1.82) is 0 Å². The molecule has 1 saturated heterocycles. The Bertz CT molecular complexity index is 935. The highest BCUT2D eigenvalue weighted by molar-refractivity contribution is 7.91. The Hall–Kier alpha value is -2.15. The minimum absolute atomic E-state index is 0.00347. The van der Waals surface area contributed by atoms with E-state index >= 15 is 0 Å². The van der Waals surface area contributed by atoms with Gasteiger partial charge in [-0.15, -0.1) is 0 Å². The summed E-state index contributed by atoms with van der Waals surface area (Å²) in [4.78, 5) is 11.1. The van der Waals surface area contributed by atoms with Crippen LogP contribution >= 0.6 is 0 Å². The van der Waals surface area contributed by atoms with Crippen LogP contribution in [0.1, 0.15) is 38.4 Å². The molecule has 0 radical (unpaired) electrons. The van der Waals surface area contributed by atoms with Crippen LogP contribution in [0.2, 0.25) is 0 Å². The monoisotopic (exact) mass is 388 g/mol. The molecule has 3 rings (SSSR count). The zero-order valence-corrected chi connectivity index (χ0v) is 17.5. The van der Waals surface area contributed by atoms with Crippen LogP contribution in [0.5, 0.6) is 0 Å². The molecular weight excluding hydrogens is 360 g/mol. The third-order valence-corrected chi connectivity index (χ3v) is 6.66. The molecule has 2 aromatic rings. The van der Waals surface area contributed by atoms with E-state index in [1.165, 1.54) is 5.56 Å². The quantitative estimate of drug-likeness (QED) is 0.865. The van der Waals surface area contributed by atoms with E-state index in [-0.39, 0.29) is 23.0 Å². The van der Waals surface area contributed by atoms with Crippen molar-refractivity contribution in [2.24, 2.45) is 0 Å². The summed E-state index contributed by atoms with van der Waals surface area (Å²) in [7, 11) is -1.08. The van der Waals surface area contributed by atoms with E-state index in [0.717, 1.165) is 11.4 Å². The summed E-state index contributed by atoms with van der Waals surface area (Å²) in [5.41, 5.74) is 3.06. The first-order valence-corrected chi connectivity index (χ1v) is 11.0. The SMILES string of the molecule is Cc1cc(Nc2ccccc2C(C)(C)C)nc(N(C)C2CCS(=O)(=O)C2)n1. The average molecular weight is 389 g/mol. The molecule has 1 aliphatic heterocycles. The molecule has 1 aromatic carbocycles. The lowest BCUT2D eigenvalue weighted by atomic mass is 9.86. The van der Waals surface area contributed by atoms with Crippen molar-refractivity contribution in [3.63, 3.8) is 0 Å². The molecule has 1 aliphatic rings. The van der Waals surface area contributed by atoms with Crippen molar-refractivity contribution in [2.45, 2.75) is 45.6 Å². The van der Waals surface area contributed by atoms with Crippen LogP contribution in [0.15, 0.2) is 30.3 Å². The van der Waals surface area contributed by atoms with Gasteiger partial charge in [0.1, 0.15) is 5.82 Å². The van der Waals surface area contributed by atoms with E-state index in [2.05, 4.69) is 42.1 Å². The molecule has 0 bridgehead atoms. The molecule has 7 heteroatoms. The number of hydrogen-bond acceptors (Lipinski definition) is 6. The van der Waals surface area contributed by atoms with Crippen LogP contribution in [0, 0.1) is 6.92 Å². The van der Waals surface area contributed by atoms with Gasteiger partial charge < -0.3 is 10.2 Å². The molecule has 1 atom stereocenters. The van der Waals surface area contributed by atoms with E-state index in [1.54, 1.807) is 0 Å². The number of sulfone groups is 1. The summed E-state index contributed by atoms with van der Waals surface area (Å²) >= 11 is 0. The molecule has 1 N–H and O–H groups in total. The lowest BCUT2D eigenvalue weighted by Gasteiger charge is -2.25. The molecule has 146 valence electrons.